The second kappa shape index (κ2) is 7.47. The summed E-state index contributed by atoms with van der Waals surface area (Å²) < 4.78 is 5.32. The number of rotatable bonds is 4. The van der Waals surface area contributed by atoms with Gasteiger partial charge in [0.1, 0.15) is 11.3 Å². The van der Waals surface area contributed by atoms with Crippen LogP contribution >= 0.6 is 0 Å². The van der Waals surface area contributed by atoms with Crippen LogP contribution in [0.2, 0.25) is 0 Å². The molecule has 29 heavy (non-hydrogen) atoms. The van der Waals surface area contributed by atoms with Crippen LogP contribution in [0.5, 0.6) is 0 Å². The van der Waals surface area contributed by atoms with Gasteiger partial charge < -0.3 is 24.8 Å². The quantitative estimate of drug-likeness (QED) is 0.748. The van der Waals surface area contributed by atoms with Gasteiger partial charge in [0, 0.05) is 32.4 Å². The van der Waals surface area contributed by atoms with Crippen molar-refractivity contribution in [2.24, 2.45) is 0 Å². The summed E-state index contributed by atoms with van der Waals surface area (Å²) in [6, 6.07) is 0.0277. The van der Waals surface area contributed by atoms with Crippen molar-refractivity contribution < 1.29 is 14.3 Å². The first-order chi connectivity index (χ1) is 13.9. The van der Waals surface area contributed by atoms with Gasteiger partial charge >= 0.3 is 0 Å². The van der Waals surface area contributed by atoms with E-state index in [2.05, 4.69) is 26.8 Å². The van der Waals surface area contributed by atoms with Crippen LogP contribution in [0.4, 0.5) is 5.82 Å². The average Bonchev–Trinajstić information content (AvgIpc) is 3.35. The molecule has 0 unspecified atom stereocenters. The molecule has 154 valence electrons. The lowest BCUT2D eigenvalue weighted by Gasteiger charge is -2.47. The lowest BCUT2D eigenvalue weighted by Crippen LogP contribution is -2.61. The average molecular weight is 398 g/mol. The van der Waals surface area contributed by atoms with E-state index < -0.39 is 0 Å². The molecule has 0 radical (unpaired) electrons. The number of nitrogens with zero attached hydrogens (tertiary/aromatic N) is 4. The van der Waals surface area contributed by atoms with E-state index in [1.165, 1.54) is 6.08 Å². The Balaban J connectivity index is 1.56. The first-order valence-corrected chi connectivity index (χ1v) is 9.81. The number of hydrogen-bond donors (Lipinski definition) is 2. The number of fused-ring (bicyclic) bond motifs is 1. The number of piperazine rings is 1. The van der Waals surface area contributed by atoms with Crippen LogP contribution < -0.4 is 10.2 Å². The van der Waals surface area contributed by atoms with Crippen molar-refractivity contribution in [2.45, 2.75) is 31.8 Å². The molecule has 2 aliphatic heterocycles. The summed E-state index contributed by atoms with van der Waals surface area (Å²) in [5.74, 6) is 0.436. The van der Waals surface area contributed by atoms with E-state index in [0.717, 1.165) is 6.42 Å². The Bertz CT molecular complexity index is 947. The molecule has 2 aromatic rings. The predicted octanol–water partition coefficient (Wildman–Crippen LogP) is 1.09. The topological polar surface area (TPSA) is 103 Å². The highest BCUT2D eigenvalue weighted by Gasteiger charge is 2.36. The molecule has 2 N–H and O–H groups in total. The zero-order valence-corrected chi connectivity index (χ0v) is 16.8. The fourth-order valence-electron chi connectivity index (χ4n) is 3.99. The summed E-state index contributed by atoms with van der Waals surface area (Å²) in [5, 5.41) is 2.99. The van der Waals surface area contributed by atoms with Gasteiger partial charge in [-0.05, 0) is 26.3 Å². The number of hydrogen-bond acceptors (Lipinski definition) is 6. The Hall–Kier alpha value is -2.94. The number of amides is 2. The third-order valence-corrected chi connectivity index (χ3v) is 5.54. The maximum absolute atomic E-state index is 12.7. The molecule has 0 aliphatic carbocycles. The van der Waals surface area contributed by atoms with E-state index in [1.54, 1.807) is 12.4 Å². The zero-order chi connectivity index (χ0) is 20.6. The molecule has 4 heterocycles. The van der Waals surface area contributed by atoms with Gasteiger partial charge in [-0.3, -0.25) is 9.59 Å². The Morgan fingerprint density at radius 3 is 2.93 bits per heavy atom. The van der Waals surface area contributed by atoms with Gasteiger partial charge in [0.25, 0.3) is 5.91 Å². The normalized spacial score (nSPS) is 21.4. The lowest BCUT2D eigenvalue weighted by atomic mass is 9.98. The Morgan fingerprint density at radius 1 is 1.41 bits per heavy atom. The predicted molar refractivity (Wildman–Crippen MR) is 109 cm³/mol. The van der Waals surface area contributed by atoms with Crippen LogP contribution in [-0.4, -0.2) is 76.1 Å². The van der Waals surface area contributed by atoms with Crippen molar-refractivity contribution in [3.05, 3.63) is 30.6 Å². The van der Waals surface area contributed by atoms with E-state index in [1.807, 2.05) is 18.7 Å². The molecule has 1 atom stereocenters. The molecule has 2 fully saturated rings. The van der Waals surface area contributed by atoms with Crippen LogP contribution in [0.3, 0.4) is 0 Å². The highest BCUT2D eigenvalue weighted by Crippen LogP contribution is 2.26. The second-order valence-electron chi connectivity index (χ2n) is 8.09. The fourth-order valence-corrected chi connectivity index (χ4v) is 3.99. The van der Waals surface area contributed by atoms with Gasteiger partial charge in [-0.2, -0.15) is 0 Å². The summed E-state index contributed by atoms with van der Waals surface area (Å²) in [6.07, 6.45) is 5.51. The van der Waals surface area contributed by atoms with Crippen molar-refractivity contribution >= 4 is 28.8 Å². The van der Waals surface area contributed by atoms with E-state index in [4.69, 9.17) is 9.72 Å². The summed E-state index contributed by atoms with van der Waals surface area (Å²) in [4.78, 5) is 40.9. The maximum Gasteiger partial charge on any atom is 0.255 e. The number of ether oxygens (including phenoxy) is 1. The number of anilines is 1. The minimum atomic E-state index is -0.374. The Labute approximate surface area is 169 Å². The van der Waals surface area contributed by atoms with E-state index in [0.29, 0.717) is 55.4 Å². The van der Waals surface area contributed by atoms with Crippen molar-refractivity contribution in [3.63, 3.8) is 0 Å². The summed E-state index contributed by atoms with van der Waals surface area (Å²) >= 11 is 0. The van der Waals surface area contributed by atoms with Crippen LogP contribution in [0.15, 0.2) is 25.0 Å². The number of aromatic amines is 1. The molecular weight excluding hydrogens is 372 g/mol. The monoisotopic (exact) mass is 398 g/mol. The van der Waals surface area contributed by atoms with Crippen molar-refractivity contribution in [3.8, 4) is 0 Å². The second-order valence-corrected chi connectivity index (χ2v) is 8.09. The third-order valence-electron chi connectivity index (χ3n) is 5.54. The van der Waals surface area contributed by atoms with Crippen LogP contribution in [0, 0.1) is 0 Å². The summed E-state index contributed by atoms with van der Waals surface area (Å²) in [7, 11) is 0. The molecule has 2 saturated heterocycles. The molecule has 9 nitrogen and oxygen atoms in total. The van der Waals surface area contributed by atoms with Gasteiger partial charge in [-0.25, -0.2) is 9.97 Å². The first kappa shape index (κ1) is 19.4. The van der Waals surface area contributed by atoms with E-state index >= 15 is 0 Å². The standard InChI is InChI=1S/C20H26N6O3/c1-4-16(27)26-7-6-25(12-20(26,2)3)15-10-22-18-17(24-15)14(9-21-18)19(28)23-13-5-8-29-11-13/h4,9-10,13H,1,5-8,11-12H2,2-3H3,(H,21,22)(H,23,28)/t13-/m1/s1. The summed E-state index contributed by atoms with van der Waals surface area (Å²) in [5.41, 5.74) is 1.21. The van der Waals surface area contributed by atoms with Gasteiger partial charge in [0.2, 0.25) is 5.91 Å². The number of aromatic nitrogens is 3. The fraction of sp³-hybridized carbons (Fsp3) is 0.500. The molecule has 2 amide bonds. The van der Waals surface area contributed by atoms with E-state index in [9.17, 15) is 9.59 Å². The van der Waals surface area contributed by atoms with Crippen LogP contribution in [0.25, 0.3) is 11.2 Å². The molecule has 2 aliphatic rings. The molecule has 0 aromatic carbocycles. The van der Waals surface area contributed by atoms with Gasteiger partial charge in [0.15, 0.2) is 5.65 Å². The number of H-pyrrole nitrogens is 1. The molecule has 0 saturated carbocycles. The van der Waals surface area contributed by atoms with Gasteiger partial charge in [-0.1, -0.05) is 6.58 Å². The lowest BCUT2D eigenvalue weighted by molar-refractivity contribution is -0.131. The number of carbonyl (C=O) groups excluding carboxylic acids is 2. The van der Waals surface area contributed by atoms with Gasteiger partial charge in [0.05, 0.1) is 29.9 Å². The molecular formula is C20H26N6O3. The third kappa shape index (κ3) is 3.69. The van der Waals surface area contributed by atoms with Crippen molar-refractivity contribution in [2.75, 3.05) is 37.7 Å². The van der Waals surface area contributed by atoms with Crippen LogP contribution in [0.1, 0.15) is 30.6 Å². The number of carbonyl (C=O) groups is 2. The number of nitrogens with one attached hydrogen (secondary N) is 2. The minimum absolute atomic E-state index is 0.0277. The Morgan fingerprint density at radius 2 is 2.24 bits per heavy atom. The van der Waals surface area contributed by atoms with Crippen molar-refractivity contribution in [1.29, 1.82) is 0 Å². The smallest absolute Gasteiger partial charge is 0.255 e. The van der Waals surface area contributed by atoms with Crippen LogP contribution in [-0.2, 0) is 9.53 Å². The van der Waals surface area contributed by atoms with Gasteiger partial charge in [-0.15, -0.1) is 0 Å². The molecule has 0 spiro atoms. The molecule has 2 aromatic heterocycles. The Kier molecular flexibility index (Phi) is 4.99. The molecule has 4 rings (SSSR count). The van der Waals surface area contributed by atoms with E-state index in [-0.39, 0.29) is 23.4 Å². The zero-order valence-electron chi connectivity index (χ0n) is 16.8. The highest BCUT2D eigenvalue weighted by atomic mass is 16.5. The molecule has 9 heteroatoms. The summed E-state index contributed by atoms with van der Waals surface area (Å²) in [6.45, 7) is 10.6. The first-order valence-electron chi connectivity index (χ1n) is 9.81. The maximum atomic E-state index is 12.7. The highest BCUT2D eigenvalue weighted by molar-refractivity contribution is 6.04. The SMILES string of the molecule is C=CC(=O)N1CCN(c2cnc3[nH]cc(C(=O)N[C@@H]4CCOC4)c3n2)CC1(C)C. The molecule has 0 bridgehead atoms. The minimum Gasteiger partial charge on any atom is -0.379 e. The van der Waals surface area contributed by atoms with Crippen molar-refractivity contribution in [1.82, 2.24) is 25.2 Å². The largest absolute Gasteiger partial charge is 0.379 e.